The number of nitrogens with two attached hydrogens (primary N) is 1. The van der Waals surface area contributed by atoms with Crippen molar-refractivity contribution in [3.8, 4) is 0 Å². The lowest BCUT2D eigenvalue weighted by molar-refractivity contribution is -0.133. The van der Waals surface area contributed by atoms with Gasteiger partial charge in [-0.15, -0.1) is 0 Å². The summed E-state index contributed by atoms with van der Waals surface area (Å²) < 4.78 is 0. The number of carbonyl (C=O) groups is 1. The van der Waals surface area contributed by atoms with Crippen molar-refractivity contribution < 1.29 is 4.79 Å². The van der Waals surface area contributed by atoms with Crippen LogP contribution in [0, 0.1) is 11.8 Å². The van der Waals surface area contributed by atoms with E-state index in [9.17, 15) is 4.79 Å². The number of nitrogens with zero attached hydrogens (tertiary/aromatic N) is 1. The van der Waals surface area contributed by atoms with E-state index < -0.39 is 0 Å². The summed E-state index contributed by atoms with van der Waals surface area (Å²) in [5.74, 6) is 1.63. The van der Waals surface area contributed by atoms with Crippen molar-refractivity contribution in [2.45, 2.75) is 64.3 Å². The molecule has 1 saturated carbocycles. The molecule has 1 amide bonds. The third kappa shape index (κ3) is 3.71. The Balaban J connectivity index is 1.70. The van der Waals surface area contributed by atoms with Gasteiger partial charge in [-0.1, -0.05) is 39.0 Å². The van der Waals surface area contributed by atoms with Crippen molar-refractivity contribution in [3.63, 3.8) is 0 Å². The molecule has 1 aliphatic carbocycles. The fourth-order valence-electron chi connectivity index (χ4n) is 3.35. The summed E-state index contributed by atoms with van der Waals surface area (Å²) in [7, 11) is 0. The van der Waals surface area contributed by atoms with Crippen LogP contribution in [-0.4, -0.2) is 29.9 Å². The molecular weight excluding hydrogens is 224 g/mol. The predicted octanol–water partition coefficient (Wildman–Crippen LogP) is 2.54. The van der Waals surface area contributed by atoms with Gasteiger partial charge in [0, 0.05) is 25.6 Å². The van der Waals surface area contributed by atoms with Crippen LogP contribution in [0.25, 0.3) is 0 Å². The molecule has 2 atom stereocenters. The molecule has 0 aromatic heterocycles. The SMILES string of the molecule is CC1CN(C(=O)CCC2CCCCC2)CCC1N. The molecule has 3 nitrogen and oxygen atoms in total. The van der Waals surface area contributed by atoms with Crippen LogP contribution in [0.5, 0.6) is 0 Å². The summed E-state index contributed by atoms with van der Waals surface area (Å²) in [5, 5.41) is 0. The van der Waals surface area contributed by atoms with E-state index in [1.54, 1.807) is 0 Å². The Morgan fingerprint density at radius 3 is 2.61 bits per heavy atom. The number of amides is 1. The Bertz CT molecular complexity index is 274. The molecule has 104 valence electrons. The molecule has 1 saturated heterocycles. The molecule has 0 aromatic carbocycles. The van der Waals surface area contributed by atoms with E-state index >= 15 is 0 Å². The van der Waals surface area contributed by atoms with Gasteiger partial charge in [0.15, 0.2) is 0 Å². The average molecular weight is 252 g/mol. The van der Waals surface area contributed by atoms with Crippen molar-refractivity contribution in [2.75, 3.05) is 13.1 Å². The molecule has 0 spiro atoms. The lowest BCUT2D eigenvalue weighted by Gasteiger charge is -2.35. The summed E-state index contributed by atoms with van der Waals surface area (Å²) in [6.07, 6.45) is 9.65. The molecule has 2 aliphatic rings. The Morgan fingerprint density at radius 1 is 1.22 bits per heavy atom. The predicted molar refractivity (Wildman–Crippen MR) is 74.1 cm³/mol. The third-order valence-corrected chi connectivity index (χ3v) is 4.82. The summed E-state index contributed by atoms with van der Waals surface area (Å²) in [6, 6.07) is 0.285. The number of hydrogen-bond acceptors (Lipinski definition) is 2. The minimum absolute atomic E-state index is 0.285. The summed E-state index contributed by atoms with van der Waals surface area (Å²) >= 11 is 0. The topological polar surface area (TPSA) is 46.3 Å². The quantitative estimate of drug-likeness (QED) is 0.839. The summed E-state index contributed by atoms with van der Waals surface area (Å²) in [5.41, 5.74) is 5.99. The van der Waals surface area contributed by atoms with Crippen LogP contribution in [0.3, 0.4) is 0 Å². The lowest BCUT2D eigenvalue weighted by Crippen LogP contribution is -2.48. The first-order valence-corrected chi connectivity index (χ1v) is 7.70. The van der Waals surface area contributed by atoms with E-state index in [1.165, 1.54) is 32.1 Å². The standard InChI is InChI=1S/C15H28N2O/c1-12-11-17(10-9-14(12)16)15(18)8-7-13-5-3-2-4-6-13/h12-14H,2-11,16H2,1H3. The molecule has 0 bridgehead atoms. The van der Waals surface area contributed by atoms with Crippen LogP contribution >= 0.6 is 0 Å². The van der Waals surface area contributed by atoms with Gasteiger partial charge in [-0.05, 0) is 24.7 Å². The minimum Gasteiger partial charge on any atom is -0.342 e. The second kappa shape index (κ2) is 6.55. The van der Waals surface area contributed by atoms with Crippen LogP contribution in [-0.2, 0) is 4.79 Å². The van der Waals surface area contributed by atoms with Crippen LogP contribution < -0.4 is 5.73 Å². The number of rotatable bonds is 3. The lowest BCUT2D eigenvalue weighted by atomic mass is 9.86. The fraction of sp³-hybridized carbons (Fsp3) is 0.933. The number of piperidine rings is 1. The summed E-state index contributed by atoms with van der Waals surface area (Å²) in [4.78, 5) is 14.2. The van der Waals surface area contributed by atoms with E-state index in [0.717, 1.165) is 38.3 Å². The van der Waals surface area contributed by atoms with Crippen molar-refractivity contribution >= 4 is 5.91 Å². The van der Waals surface area contributed by atoms with Crippen molar-refractivity contribution in [3.05, 3.63) is 0 Å². The normalized spacial score (nSPS) is 30.4. The van der Waals surface area contributed by atoms with Gasteiger partial charge in [0.05, 0.1) is 0 Å². The second-order valence-electron chi connectivity index (χ2n) is 6.31. The maximum Gasteiger partial charge on any atom is 0.222 e. The van der Waals surface area contributed by atoms with Crippen molar-refractivity contribution in [2.24, 2.45) is 17.6 Å². The first kappa shape index (κ1) is 13.9. The molecular formula is C15H28N2O. The maximum absolute atomic E-state index is 12.2. The van der Waals surface area contributed by atoms with Gasteiger partial charge >= 0.3 is 0 Å². The van der Waals surface area contributed by atoms with E-state index in [2.05, 4.69) is 6.92 Å². The van der Waals surface area contributed by atoms with Gasteiger partial charge < -0.3 is 10.6 Å². The minimum atomic E-state index is 0.285. The van der Waals surface area contributed by atoms with Crippen LogP contribution in [0.1, 0.15) is 58.3 Å². The first-order valence-electron chi connectivity index (χ1n) is 7.70. The van der Waals surface area contributed by atoms with Gasteiger partial charge in [-0.25, -0.2) is 0 Å². The molecule has 18 heavy (non-hydrogen) atoms. The highest BCUT2D eigenvalue weighted by atomic mass is 16.2. The van der Waals surface area contributed by atoms with Gasteiger partial charge in [0.25, 0.3) is 0 Å². The van der Waals surface area contributed by atoms with Gasteiger partial charge in [-0.3, -0.25) is 4.79 Å². The number of hydrogen-bond donors (Lipinski definition) is 1. The van der Waals surface area contributed by atoms with Gasteiger partial charge in [0.1, 0.15) is 0 Å². The number of likely N-dealkylation sites (tertiary alicyclic amines) is 1. The molecule has 3 heteroatoms. The zero-order chi connectivity index (χ0) is 13.0. The zero-order valence-corrected chi connectivity index (χ0v) is 11.7. The molecule has 1 heterocycles. The highest BCUT2D eigenvalue weighted by Gasteiger charge is 2.26. The summed E-state index contributed by atoms with van der Waals surface area (Å²) in [6.45, 7) is 3.89. The first-order chi connectivity index (χ1) is 8.66. The maximum atomic E-state index is 12.2. The fourth-order valence-corrected chi connectivity index (χ4v) is 3.35. The average Bonchev–Trinajstić information content (AvgIpc) is 2.40. The molecule has 2 N–H and O–H groups in total. The third-order valence-electron chi connectivity index (χ3n) is 4.82. The van der Waals surface area contributed by atoms with Crippen molar-refractivity contribution in [1.82, 2.24) is 4.90 Å². The smallest absolute Gasteiger partial charge is 0.222 e. The van der Waals surface area contributed by atoms with Gasteiger partial charge in [0.2, 0.25) is 5.91 Å². The Labute approximate surface area is 111 Å². The molecule has 2 unspecified atom stereocenters. The van der Waals surface area contributed by atoms with E-state index in [4.69, 9.17) is 5.73 Å². The van der Waals surface area contributed by atoms with Crippen LogP contribution in [0.4, 0.5) is 0 Å². The zero-order valence-electron chi connectivity index (χ0n) is 11.7. The Kier molecular flexibility index (Phi) is 5.04. The van der Waals surface area contributed by atoms with E-state index in [-0.39, 0.29) is 6.04 Å². The van der Waals surface area contributed by atoms with Crippen molar-refractivity contribution in [1.29, 1.82) is 0 Å². The number of carbonyl (C=O) groups excluding carboxylic acids is 1. The monoisotopic (exact) mass is 252 g/mol. The molecule has 2 fully saturated rings. The van der Waals surface area contributed by atoms with E-state index in [1.807, 2.05) is 4.90 Å². The molecule has 0 radical (unpaired) electrons. The largest absolute Gasteiger partial charge is 0.342 e. The molecule has 0 aromatic rings. The Hall–Kier alpha value is -0.570. The Morgan fingerprint density at radius 2 is 1.94 bits per heavy atom. The second-order valence-corrected chi connectivity index (χ2v) is 6.31. The molecule has 1 aliphatic heterocycles. The van der Waals surface area contributed by atoms with Crippen LogP contribution in [0.2, 0.25) is 0 Å². The highest BCUT2D eigenvalue weighted by Crippen LogP contribution is 2.27. The molecule has 2 rings (SSSR count). The van der Waals surface area contributed by atoms with Gasteiger partial charge in [-0.2, -0.15) is 0 Å². The highest BCUT2D eigenvalue weighted by molar-refractivity contribution is 5.76. The van der Waals surface area contributed by atoms with E-state index in [0.29, 0.717) is 11.8 Å². The van der Waals surface area contributed by atoms with Crippen LogP contribution in [0.15, 0.2) is 0 Å².